The molecular weight excluding hydrogens is 284 g/mol. The van der Waals surface area contributed by atoms with Crippen molar-refractivity contribution >= 4 is 0 Å². The van der Waals surface area contributed by atoms with Crippen LogP contribution in [0, 0.1) is 17.3 Å². The van der Waals surface area contributed by atoms with Gasteiger partial charge in [-0.05, 0) is 31.2 Å². The summed E-state index contributed by atoms with van der Waals surface area (Å²) in [6.45, 7) is 7.66. The lowest BCUT2D eigenvalue weighted by Crippen LogP contribution is -2.43. The highest BCUT2D eigenvalue weighted by Gasteiger charge is 2.38. The standard InChI is InChI=1S/C21H22O2/c1-20(2)15-22-21(3,23-16-20)19-13-11-18(12-14-19)10-9-17-7-5-4-6-8-17/h4-8,11-14H,15-16H2,1-3H3. The Balaban J connectivity index is 1.74. The van der Waals surface area contributed by atoms with E-state index in [1.54, 1.807) is 0 Å². The first kappa shape index (κ1) is 15.8. The molecule has 2 aromatic rings. The van der Waals surface area contributed by atoms with Crippen LogP contribution in [0.25, 0.3) is 0 Å². The van der Waals surface area contributed by atoms with Crippen LogP contribution in [0.3, 0.4) is 0 Å². The molecule has 1 aliphatic heterocycles. The van der Waals surface area contributed by atoms with Crippen LogP contribution in [0.5, 0.6) is 0 Å². The van der Waals surface area contributed by atoms with E-state index in [1.165, 1.54) is 0 Å². The Bertz CT molecular complexity index is 708. The molecule has 118 valence electrons. The van der Waals surface area contributed by atoms with Crippen molar-refractivity contribution in [2.75, 3.05) is 13.2 Å². The third-order valence-electron chi connectivity index (χ3n) is 4.01. The van der Waals surface area contributed by atoms with E-state index in [9.17, 15) is 0 Å². The highest BCUT2D eigenvalue weighted by atomic mass is 16.7. The van der Waals surface area contributed by atoms with Crippen LogP contribution in [0.1, 0.15) is 37.5 Å². The molecule has 1 aliphatic rings. The second-order valence-corrected chi connectivity index (χ2v) is 6.88. The molecule has 0 unspecified atom stereocenters. The zero-order valence-corrected chi connectivity index (χ0v) is 13.9. The maximum atomic E-state index is 5.98. The van der Waals surface area contributed by atoms with Crippen LogP contribution in [-0.2, 0) is 15.3 Å². The lowest BCUT2D eigenvalue weighted by atomic mass is 9.93. The van der Waals surface area contributed by atoms with E-state index in [0.717, 1.165) is 16.7 Å². The van der Waals surface area contributed by atoms with E-state index in [1.807, 2.05) is 61.5 Å². The SMILES string of the molecule is CC1(C)COC(C)(c2ccc(C#Cc3ccccc3)cc2)OC1. The molecule has 1 fully saturated rings. The van der Waals surface area contributed by atoms with Crippen LogP contribution in [0.15, 0.2) is 54.6 Å². The fourth-order valence-electron chi connectivity index (χ4n) is 2.44. The third kappa shape index (κ3) is 3.82. The molecule has 0 radical (unpaired) electrons. The zero-order valence-electron chi connectivity index (χ0n) is 13.9. The maximum Gasteiger partial charge on any atom is 0.191 e. The first-order chi connectivity index (χ1) is 11.0. The first-order valence-corrected chi connectivity index (χ1v) is 7.92. The van der Waals surface area contributed by atoms with E-state index in [0.29, 0.717) is 13.2 Å². The summed E-state index contributed by atoms with van der Waals surface area (Å²) in [5, 5.41) is 0. The Morgan fingerprint density at radius 1 is 0.739 bits per heavy atom. The molecule has 3 rings (SSSR count). The van der Waals surface area contributed by atoms with Crippen molar-refractivity contribution in [2.24, 2.45) is 5.41 Å². The fourth-order valence-corrected chi connectivity index (χ4v) is 2.44. The summed E-state index contributed by atoms with van der Waals surface area (Å²) in [5.74, 6) is 5.69. The average Bonchev–Trinajstić information content (AvgIpc) is 2.57. The largest absolute Gasteiger partial charge is 0.345 e. The Labute approximate surface area is 138 Å². The molecule has 23 heavy (non-hydrogen) atoms. The van der Waals surface area contributed by atoms with Crippen molar-refractivity contribution in [3.8, 4) is 11.8 Å². The fraction of sp³-hybridized carbons (Fsp3) is 0.333. The van der Waals surface area contributed by atoms with Gasteiger partial charge in [0.2, 0.25) is 0 Å². The highest BCUT2D eigenvalue weighted by Crippen LogP contribution is 2.36. The van der Waals surface area contributed by atoms with Gasteiger partial charge in [0.15, 0.2) is 5.79 Å². The normalized spacial score (nSPS) is 18.7. The summed E-state index contributed by atoms with van der Waals surface area (Å²) in [4.78, 5) is 0. The number of rotatable bonds is 1. The Kier molecular flexibility index (Phi) is 4.26. The van der Waals surface area contributed by atoms with Gasteiger partial charge in [0.1, 0.15) is 0 Å². The van der Waals surface area contributed by atoms with Gasteiger partial charge in [0.05, 0.1) is 13.2 Å². The van der Waals surface area contributed by atoms with Gasteiger partial charge in [0.25, 0.3) is 0 Å². The van der Waals surface area contributed by atoms with Gasteiger partial charge in [0, 0.05) is 22.1 Å². The number of hydrogen-bond acceptors (Lipinski definition) is 2. The smallest absolute Gasteiger partial charge is 0.191 e. The molecule has 0 bridgehead atoms. The minimum atomic E-state index is -0.666. The maximum absolute atomic E-state index is 5.98. The molecule has 0 atom stereocenters. The minimum Gasteiger partial charge on any atom is -0.345 e. The van der Waals surface area contributed by atoms with Crippen LogP contribution in [0.2, 0.25) is 0 Å². The molecule has 0 aromatic heterocycles. The van der Waals surface area contributed by atoms with Gasteiger partial charge >= 0.3 is 0 Å². The van der Waals surface area contributed by atoms with E-state index in [4.69, 9.17) is 9.47 Å². The van der Waals surface area contributed by atoms with Gasteiger partial charge in [-0.3, -0.25) is 0 Å². The Morgan fingerprint density at radius 3 is 1.83 bits per heavy atom. The van der Waals surface area contributed by atoms with Gasteiger partial charge in [-0.25, -0.2) is 0 Å². The summed E-state index contributed by atoms with van der Waals surface area (Å²) < 4.78 is 12.0. The van der Waals surface area contributed by atoms with Crippen molar-refractivity contribution in [3.63, 3.8) is 0 Å². The molecule has 2 heteroatoms. The molecule has 0 aliphatic carbocycles. The molecule has 2 nitrogen and oxygen atoms in total. The summed E-state index contributed by atoms with van der Waals surface area (Å²) in [6.07, 6.45) is 0. The second kappa shape index (κ2) is 6.20. The minimum absolute atomic E-state index is 0.0700. The quantitative estimate of drug-likeness (QED) is 0.730. The summed E-state index contributed by atoms with van der Waals surface area (Å²) >= 11 is 0. The van der Waals surface area contributed by atoms with Crippen LogP contribution in [0.4, 0.5) is 0 Å². The van der Waals surface area contributed by atoms with Gasteiger partial charge < -0.3 is 9.47 Å². The zero-order chi connectivity index (χ0) is 16.3. The topological polar surface area (TPSA) is 18.5 Å². The monoisotopic (exact) mass is 306 g/mol. The van der Waals surface area contributed by atoms with Gasteiger partial charge in [-0.1, -0.05) is 56.0 Å². The molecule has 0 N–H and O–H groups in total. The molecule has 0 amide bonds. The molecule has 0 spiro atoms. The Morgan fingerprint density at radius 2 is 1.26 bits per heavy atom. The number of hydrogen-bond donors (Lipinski definition) is 0. The summed E-state index contributed by atoms with van der Waals surface area (Å²) in [6, 6.07) is 18.1. The second-order valence-electron chi connectivity index (χ2n) is 6.88. The van der Waals surface area contributed by atoms with Crippen LogP contribution in [-0.4, -0.2) is 13.2 Å². The predicted octanol–water partition coefficient (Wildman–Crippen LogP) is 4.33. The molecule has 1 heterocycles. The highest BCUT2D eigenvalue weighted by molar-refractivity contribution is 5.43. The molecule has 2 aromatic carbocycles. The Hall–Kier alpha value is -2.08. The van der Waals surface area contributed by atoms with Gasteiger partial charge in [-0.15, -0.1) is 0 Å². The average molecular weight is 306 g/mol. The van der Waals surface area contributed by atoms with Crippen molar-refractivity contribution in [1.82, 2.24) is 0 Å². The summed E-state index contributed by atoms with van der Waals surface area (Å²) in [7, 11) is 0. The third-order valence-corrected chi connectivity index (χ3v) is 4.01. The van der Waals surface area contributed by atoms with E-state index in [2.05, 4.69) is 25.7 Å². The van der Waals surface area contributed by atoms with Crippen molar-refractivity contribution in [1.29, 1.82) is 0 Å². The van der Waals surface area contributed by atoms with Crippen molar-refractivity contribution in [2.45, 2.75) is 26.6 Å². The first-order valence-electron chi connectivity index (χ1n) is 7.92. The van der Waals surface area contributed by atoms with Crippen LogP contribution < -0.4 is 0 Å². The van der Waals surface area contributed by atoms with E-state index in [-0.39, 0.29) is 5.41 Å². The molecule has 0 saturated carbocycles. The van der Waals surface area contributed by atoms with Crippen molar-refractivity contribution < 1.29 is 9.47 Å². The summed E-state index contributed by atoms with van der Waals surface area (Å²) in [5.41, 5.74) is 3.10. The van der Waals surface area contributed by atoms with Crippen molar-refractivity contribution in [3.05, 3.63) is 71.3 Å². The van der Waals surface area contributed by atoms with E-state index < -0.39 is 5.79 Å². The molecule has 1 saturated heterocycles. The number of ether oxygens (including phenoxy) is 2. The lowest BCUT2D eigenvalue weighted by Gasteiger charge is -2.41. The predicted molar refractivity (Wildman–Crippen MR) is 91.9 cm³/mol. The molecular formula is C21H22O2. The van der Waals surface area contributed by atoms with Gasteiger partial charge in [-0.2, -0.15) is 0 Å². The number of benzene rings is 2. The van der Waals surface area contributed by atoms with Crippen LogP contribution >= 0.6 is 0 Å². The van der Waals surface area contributed by atoms with E-state index >= 15 is 0 Å². The lowest BCUT2D eigenvalue weighted by molar-refractivity contribution is -0.298.